The molecule has 0 fully saturated rings. The van der Waals surface area contributed by atoms with Crippen LogP contribution in [0.3, 0.4) is 0 Å². The van der Waals surface area contributed by atoms with Crippen molar-refractivity contribution in [1.29, 1.82) is 0 Å². The van der Waals surface area contributed by atoms with Crippen molar-refractivity contribution in [1.82, 2.24) is 0 Å². The van der Waals surface area contributed by atoms with Gasteiger partial charge in [0.05, 0.1) is 0 Å². The zero-order valence-electron chi connectivity index (χ0n) is 4.74. The highest BCUT2D eigenvalue weighted by molar-refractivity contribution is 4.95. The van der Waals surface area contributed by atoms with E-state index in [1.807, 2.05) is 0 Å². The number of rotatable bonds is 3. The molecule has 0 unspecified atom stereocenters. The smallest absolute Gasteiger partial charge is 0.352 e. The highest BCUT2D eigenvalue weighted by Crippen LogP contribution is 2.02. The molecule has 9 heavy (non-hydrogen) atoms. The van der Waals surface area contributed by atoms with Crippen molar-refractivity contribution < 1.29 is 20.4 Å². The van der Waals surface area contributed by atoms with E-state index in [-0.39, 0.29) is 6.42 Å². The monoisotopic (exact) mass is 132 g/mol. The molecular formula is C5H8O4. The van der Waals surface area contributed by atoms with Gasteiger partial charge in [-0.3, -0.25) is 4.89 Å². The van der Waals surface area contributed by atoms with Crippen molar-refractivity contribution in [2.45, 2.75) is 6.42 Å². The normalized spacial score (nSPS) is 12.1. The summed E-state index contributed by atoms with van der Waals surface area (Å²) in [6.45, 7) is 3.27. The topological polar surface area (TPSA) is 69.9 Å². The maximum Gasteiger partial charge on any atom is 0.352 e. The Hall–Kier alpha value is -1.16. The molecule has 4 nitrogen and oxygen atoms in total. The molecule has 0 atom stereocenters. The maximum absolute atomic E-state index is 8.59. The summed E-state index contributed by atoms with van der Waals surface area (Å²) in [4.78, 5) is 3.30. The van der Waals surface area contributed by atoms with Crippen LogP contribution in [0.25, 0.3) is 0 Å². The van der Waals surface area contributed by atoms with E-state index < -0.39 is 11.7 Å². The number of allylic oxidation sites excluding steroid dienone is 1. The van der Waals surface area contributed by atoms with Crippen molar-refractivity contribution in [3.05, 3.63) is 24.4 Å². The summed E-state index contributed by atoms with van der Waals surface area (Å²) in [6.07, 6.45) is 1.41. The minimum atomic E-state index is -0.894. The lowest BCUT2D eigenvalue weighted by Crippen LogP contribution is -1.91. The van der Waals surface area contributed by atoms with Crippen molar-refractivity contribution in [2.24, 2.45) is 0 Å². The van der Waals surface area contributed by atoms with Gasteiger partial charge in [0, 0.05) is 6.42 Å². The van der Waals surface area contributed by atoms with E-state index in [1.54, 1.807) is 0 Å². The Labute approximate surface area is 52.2 Å². The Balaban J connectivity index is 3.92. The first-order valence-corrected chi connectivity index (χ1v) is 2.25. The van der Waals surface area contributed by atoms with Gasteiger partial charge in [-0.2, -0.15) is 5.26 Å². The molecule has 0 rings (SSSR count). The standard InChI is InChI=1S/C5H8O4/c1-2-3-4(6)5(7)9-8/h2,6-8H,1,3H2. The molecule has 0 bridgehead atoms. The van der Waals surface area contributed by atoms with Gasteiger partial charge in [0.25, 0.3) is 0 Å². The van der Waals surface area contributed by atoms with Crippen LogP contribution in [0.15, 0.2) is 24.4 Å². The van der Waals surface area contributed by atoms with Crippen LogP contribution >= 0.6 is 0 Å². The van der Waals surface area contributed by atoms with E-state index in [9.17, 15) is 0 Å². The molecule has 0 radical (unpaired) electrons. The Morgan fingerprint density at radius 1 is 1.56 bits per heavy atom. The predicted molar refractivity (Wildman–Crippen MR) is 30.8 cm³/mol. The van der Waals surface area contributed by atoms with Crippen LogP contribution in [0.4, 0.5) is 0 Å². The van der Waals surface area contributed by atoms with Crippen LogP contribution in [-0.4, -0.2) is 15.5 Å². The Morgan fingerprint density at radius 2 is 2.11 bits per heavy atom. The molecule has 3 N–H and O–H groups in total. The number of hydrogen-bond acceptors (Lipinski definition) is 4. The minimum Gasteiger partial charge on any atom is -0.505 e. The van der Waals surface area contributed by atoms with Crippen LogP contribution in [0.5, 0.6) is 0 Å². The highest BCUT2D eigenvalue weighted by atomic mass is 17.1. The first-order chi connectivity index (χ1) is 4.22. The SMILES string of the molecule is C=CCC(O)=C(O)OO. The van der Waals surface area contributed by atoms with Gasteiger partial charge in [-0.15, -0.1) is 6.58 Å². The van der Waals surface area contributed by atoms with Gasteiger partial charge in [-0.25, -0.2) is 0 Å². The van der Waals surface area contributed by atoms with Crippen molar-refractivity contribution in [3.8, 4) is 0 Å². The van der Waals surface area contributed by atoms with Crippen molar-refractivity contribution in [3.63, 3.8) is 0 Å². The second-order valence-electron chi connectivity index (χ2n) is 1.34. The lowest BCUT2D eigenvalue weighted by atomic mass is 10.4. The fraction of sp³-hybridized carbons (Fsp3) is 0.200. The first kappa shape index (κ1) is 7.84. The van der Waals surface area contributed by atoms with Gasteiger partial charge >= 0.3 is 5.95 Å². The molecule has 0 aromatic rings. The fourth-order valence-corrected chi connectivity index (χ4v) is 0.277. The summed E-state index contributed by atoms with van der Waals surface area (Å²) in [5.41, 5.74) is 0. The Bertz CT molecular complexity index is 127. The summed E-state index contributed by atoms with van der Waals surface area (Å²) in [5, 5.41) is 24.7. The quantitative estimate of drug-likeness (QED) is 0.234. The third kappa shape index (κ3) is 2.61. The highest BCUT2D eigenvalue weighted by Gasteiger charge is 2.00. The van der Waals surface area contributed by atoms with Crippen LogP contribution in [0.1, 0.15) is 6.42 Å². The second-order valence-corrected chi connectivity index (χ2v) is 1.34. The molecule has 52 valence electrons. The van der Waals surface area contributed by atoms with E-state index in [2.05, 4.69) is 11.5 Å². The molecule has 0 heterocycles. The number of aliphatic hydroxyl groups excluding tert-OH is 2. The molecule has 0 aliphatic heterocycles. The summed E-state index contributed by atoms with van der Waals surface area (Å²) in [7, 11) is 0. The molecule has 0 amide bonds. The zero-order valence-corrected chi connectivity index (χ0v) is 4.74. The Kier molecular flexibility index (Phi) is 3.31. The van der Waals surface area contributed by atoms with Crippen molar-refractivity contribution >= 4 is 0 Å². The van der Waals surface area contributed by atoms with Gasteiger partial charge in [-0.05, 0) is 0 Å². The van der Waals surface area contributed by atoms with Gasteiger partial charge in [0.1, 0.15) is 0 Å². The fourth-order valence-electron chi connectivity index (χ4n) is 0.277. The lowest BCUT2D eigenvalue weighted by Gasteiger charge is -1.95. The minimum absolute atomic E-state index is 0.0619. The maximum atomic E-state index is 8.59. The van der Waals surface area contributed by atoms with Gasteiger partial charge < -0.3 is 10.2 Å². The van der Waals surface area contributed by atoms with E-state index in [4.69, 9.17) is 15.5 Å². The number of aliphatic hydroxyl groups is 2. The molecule has 0 aliphatic rings. The zero-order chi connectivity index (χ0) is 7.28. The summed E-state index contributed by atoms with van der Waals surface area (Å²) in [6, 6.07) is 0. The van der Waals surface area contributed by atoms with Crippen LogP contribution in [0.2, 0.25) is 0 Å². The lowest BCUT2D eigenvalue weighted by molar-refractivity contribution is -0.239. The molecular weight excluding hydrogens is 124 g/mol. The van der Waals surface area contributed by atoms with E-state index in [0.29, 0.717) is 0 Å². The van der Waals surface area contributed by atoms with Crippen LogP contribution in [0, 0.1) is 0 Å². The van der Waals surface area contributed by atoms with E-state index >= 15 is 0 Å². The van der Waals surface area contributed by atoms with Gasteiger partial charge in [0.2, 0.25) is 0 Å². The summed E-state index contributed by atoms with van der Waals surface area (Å²) in [5.74, 6) is -1.34. The molecule has 0 aromatic heterocycles. The average Bonchev–Trinajstić information content (AvgIpc) is 1.87. The molecule has 0 spiro atoms. The molecule has 0 aliphatic carbocycles. The van der Waals surface area contributed by atoms with E-state index in [0.717, 1.165) is 0 Å². The summed E-state index contributed by atoms with van der Waals surface area (Å²) >= 11 is 0. The first-order valence-electron chi connectivity index (χ1n) is 2.25. The number of hydrogen-bond donors (Lipinski definition) is 3. The second kappa shape index (κ2) is 3.80. The molecule has 0 saturated carbocycles. The molecule has 0 aromatic carbocycles. The third-order valence-electron chi connectivity index (χ3n) is 0.671. The summed E-state index contributed by atoms with van der Waals surface area (Å²) < 4.78 is 0. The van der Waals surface area contributed by atoms with Gasteiger partial charge in [-0.1, -0.05) is 6.08 Å². The van der Waals surface area contributed by atoms with Crippen LogP contribution < -0.4 is 0 Å². The van der Waals surface area contributed by atoms with E-state index in [1.165, 1.54) is 6.08 Å². The van der Waals surface area contributed by atoms with Crippen molar-refractivity contribution in [2.75, 3.05) is 0 Å². The largest absolute Gasteiger partial charge is 0.505 e. The average molecular weight is 132 g/mol. The molecule has 0 saturated heterocycles. The third-order valence-corrected chi connectivity index (χ3v) is 0.671. The predicted octanol–water partition coefficient (Wildman–Crippen LogP) is 1.34. The Morgan fingerprint density at radius 3 is 2.44 bits per heavy atom. The molecule has 4 heteroatoms. The van der Waals surface area contributed by atoms with Crippen LogP contribution in [-0.2, 0) is 4.89 Å². The van der Waals surface area contributed by atoms with Gasteiger partial charge in [0.15, 0.2) is 5.76 Å².